The van der Waals surface area contributed by atoms with Crippen molar-refractivity contribution in [3.8, 4) is 5.75 Å². The molecule has 1 heterocycles. The minimum absolute atomic E-state index is 0.137. The third-order valence-corrected chi connectivity index (χ3v) is 5.32. The van der Waals surface area contributed by atoms with Crippen molar-refractivity contribution in [2.24, 2.45) is 0 Å². The van der Waals surface area contributed by atoms with Crippen LogP contribution in [0.3, 0.4) is 0 Å². The third kappa shape index (κ3) is 5.06. The minimum Gasteiger partial charge on any atom is -0.481 e. The molecule has 0 spiro atoms. The summed E-state index contributed by atoms with van der Waals surface area (Å²) in [4.78, 5) is 15.0. The van der Waals surface area contributed by atoms with E-state index in [0.717, 1.165) is 35.7 Å². The van der Waals surface area contributed by atoms with E-state index in [-0.39, 0.29) is 5.91 Å². The summed E-state index contributed by atoms with van der Waals surface area (Å²) in [6.45, 7) is 10.3. The molecule has 1 N–H and O–H groups in total. The maximum Gasteiger partial charge on any atom is 0.265 e. The Morgan fingerprint density at radius 1 is 1.00 bits per heavy atom. The summed E-state index contributed by atoms with van der Waals surface area (Å²) in [6.07, 6.45) is 3.26. The maximum absolute atomic E-state index is 12.6. The molecule has 2 aromatic rings. The van der Waals surface area contributed by atoms with Gasteiger partial charge in [0.15, 0.2) is 6.10 Å². The molecule has 1 aliphatic rings. The predicted molar refractivity (Wildman–Crippen MR) is 116 cm³/mol. The molecule has 2 aromatic carbocycles. The number of nitrogens with zero attached hydrogens (tertiary/aromatic N) is 1. The molecule has 1 atom stereocenters. The van der Waals surface area contributed by atoms with Gasteiger partial charge in [-0.15, -0.1) is 0 Å². The van der Waals surface area contributed by atoms with Crippen molar-refractivity contribution in [1.29, 1.82) is 0 Å². The number of nitrogens with one attached hydrogen (secondary N) is 1. The van der Waals surface area contributed by atoms with E-state index >= 15 is 0 Å². The lowest BCUT2D eigenvalue weighted by molar-refractivity contribution is -0.122. The average Bonchev–Trinajstić information content (AvgIpc) is 2.69. The first-order chi connectivity index (χ1) is 13.4. The number of hydrogen-bond donors (Lipinski definition) is 1. The number of rotatable bonds is 6. The van der Waals surface area contributed by atoms with Crippen molar-refractivity contribution in [2.45, 2.75) is 59.0 Å². The largest absolute Gasteiger partial charge is 0.481 e. The third-order valence-electron chi connectivity index (χ3n) is 5.32. The number of carbonyl (C=O) groups excluding carboxylic acids is 1. The average molecular weight is 381 g/mol. The second kappa shape index (κ2) is 9.13. The van der Waals surface area contributed by atoms with E-state index in [0.29, 0.717) is 5.92 Å². The summed E-state index contributed by atoms with van der Waals surface area (Å²) >= 11 is 0. The van der Waals surface area contributed by atoms with Crippen LogP contribution in [0.25, 0.3) is 0 Å². The number of anilines is 2. The molecule has 0 aliphatic carbocycles. The highest BCUT2D eigenvalue weighted by atomic mass is 16.5. The van der Waals surface area contributed by atoms with Crippen molar-refractivity contribution < 1.29 is 9.53 Å². The number of piperidine rings is 1. The smallest absolute Gasteiger partial charge is 0.265 e. The first-order valence-electron chi connectivity index (χ1n) is 10.4. The molecule has 4 heteroatoms. The molecule has 0 saturated carbocycles. The zero-order chi connectivity index (χ0) is 20.1. The van der Waals surface area contributed by atoms with Gasteiger partial charge < -0.3 is 15.0 Å². The van der Waals surface area contributed by atoms with E-state index in [1.54, 1.807) is 6.92 Å². The van der Waals surface area contributed by atoms with E-state index < -0.39 is 6.10 Å². The summed E-state index contributed by atoms with van der Waals surface area (Å²) in [5.41, 5.74) is 4.27. The molecule has 1 amide bonds. The Kier molecular flexibility index (Phi) is 6.61. The number of carbonyl (C=O) groups is 1. The van der Waals surface area contributed by atoms with Gasteiger partial charge in [0.1, 0.15) is 5.75 Å². The SMILES string of the molecule is Cc1ccc(C(C)C)c(O[C@@H](C)C(=O)Nc2ccc(N3CCCCC3)cc2)c1. The Morgan fingerprint density at radius 2 is 1.68 bits per heavy atom. The number of hydrogen-bond acceptors (Lipinski definition) is 3. The van der Waals surface area contributed by atoms with Crippen LogP contribution >= 0.6 is 0 Å². The molecule has 1 fully saturated rings. The van der Waals surface area contributed by atoms with Crippen molar-refractivity contribution >= 4 is 17.3 Å². The Bertz CT molecular complexity index is 793. The molecule has 0 aromatic heterocycles. The van der Waals surface area contributed by atoms with E-state index in [2.05, 4.69) is 48.3 Å². The topological polar surface area (TPSA) is 41.6 Å². The van der Waals surface area contributed by atoms with Gasteiger partial charge in [-0.25, -0.2) is 0 Å². The molecular formula is C24H32N2O2. The molecule has 1 saturated heterocycles. The van der Waals surface area contributed by atoms with Gasteiger partial charge in [-0.05, 0) is 80.5 Å². The van der Waals surface area contributed by atoms with Gasteiger partial charge in [-0.2, -0.15) is 0 Å². The van der Waals surface area contributed by atoms with Crippen molar-refractivity contribution in [3.63, 3.8) is 0 Å². The number of benzene rings is 2. The lowest BCUT2D eigenvalue weighted by atomic mass is 10.0. The van der Waals surface area contributed by atoms with Gasteiger partial charge in [0.25, 0.3) is 5.91 Å². The Labute approximate surface area is 168 Å². The molecule has 0 unspecified atom stereocenters. The predicted octanol–water partition coefficient (Wildman–Crippen LogP) is 5.51. The van der Waals surface area contributed by atoms with Gasteiger partial charge in [0.05, 0.1) is 0 Å². The van der Waals surface area contributed by atoms with Crippen molar-refractivity contribution in [3.05, 3.63) is 53.6 Å². The van der Waals surface area contributed by atoms with Crippen molar-refractivity contribution in [2.75, 3.05) is 23.3 Å². The van der Waals surface area contributed by atoms with Crippen LogP contribution in [-0.4, -0.2) is 25.1 Å². The Balaban J connectivity index is 1.62. The van der Waals surface area contributed by atoms with Gasteiger partial charge in [0, 0.05) is 24.5 Å². The van der Waals surface area contributed by atoms with Crippen LogP contribution < -0.4 is 15.0 Å². The molecule has 150 valence electrons. The first kappa shape index (κ1) is 20.2. The summed E-state index contributed by atoms with van der Waals surface area (Å²) in [5, 5.41) is 2.97. The van der Waals surface area contributed by atoms with Crippen LogP contribution in [0.4, 0.5) is 11.4 Å². The molecule has 0 radical (unpaired) electrons. The molecular weight excluding hydrogens is 348 g/mol. The first-order valence-corrected chi connectivity index (χ1v) is 10.4. The van der Waals surface area contributed by atoms with Crippen LogP contribution in [0.5, 0.6) is 5.75 Å². The Hall–Kier alpha value is -2.49. The van der Waals surface area contributed by atoms with E-state index in [1.165, 1.54) is 24.9 Å². The molecule has 0 bridgehead atoms. The summed E-state index contributed by atoms with van der Waals surface area (Å²) in [7, 11) is 0. The van der Waals surface area contributed by atoms with Gasteiger partial charge in [-0.3, -0.25) is 4.79 Å². The fourth-order valence-electron chi connectivity index (χ4n) is 3.62. The zero-order valence-electron chi connectivity index (χ0n) is 17.5. The second-order valence-electron chi connectivity index (χ2n) is 8.04. The molecule has 4 nitrogen and oxygen atoms in total. The maximum atomic E-state index is 12.6. The second-order valence-corrected chi connectivity index (χ2v) is 8.04. The quantitative estimate of drug-likeness (QED) is 0.718. The van der Waals surface area contributed by atoms with Crippen molar-refractivity contribution in [1.82, 2.24) is 0 Å². The molecule has 3 rings (SSSR count). The van der Waals surface area contributed by atoms with E-state index in [4.69, 9.17) is 4.74 Å². The molecule has 1 aliphatic heterocycles. The van der Waals surface area contributed by atoms with Crippen LogP contribution in [-0.2, 0) is 4.79 Å². The highest BCUT2D eigenvalue weighted by Gasteiger charge is 2.18. The zero-order valence-corrected chi connectivity index (χ0v) is 17.5. The van der Waals surface area contributed by atoms with Crippen LogP contribution in [0.2, 0.25) is 0 Å². The monoisotopic (exact) mass is 380 g/mol. The van der Waals surface area contributed by atoms with Crippen LogP contribution in [0.1, 0.15) is 57.1 Å². The van der Waals surface area contributed by atoms with Crippen LogP contribution in [0.15, 0.2) is 42.5 Å². The fourth-order valence-corrected chi connectivity index (χ4v) is 3.62. The molecule has 28 heavy (non-hydrogen) atoms. The summed E-state index contributed by atoms with van der Waals surface area (Å²) in [6, 6.07) is 14.3. The fraction of sp³-hybridized carbons (Fsp3) is 0.458. The highest BCUT2D eigenvalue weighted by molar-refractivity contribution is 5.94. The van der Waals surface area contributed by atoms with E-state index in [9.17, 15) is 4.79 Å². The minimum atomic E-state index is -0.568. The number of ether oxygens (including phenoxy) is 1. The number of amides is 1. The summed E-state index contributed by atoms with van der Waals surface area (Å²) < 4.78 is 6.02. The van der Waals surface area contributed by atoms with Crippen LogP contribution in [0, 0.1) is 6.92 Å². The normalized spacial score (nSPS) is 15.4. The Morgan fingerprint density at radius 3 is 2.32 bits per heavy atom. The number of aryl methyl sites for hydroxylation is 1. The lowest BCUT2D eigenvalue weighted by Gasteiger charge is -2.28. The standard InChI is InChI=1S/C24H32N2O2/c1-17(2)22-13-8-18(3)16-23(22)28-19(4)24(27)25-20-9-11-21(12-10-20)26-14-6-5-7-15-26/h8-13,16-17,19H,5-7,14-15H2,1-4H3,(H,25,27)/t19-/m0/s1. The van der Waals surface area contributed by atoms with E-state index in [1.807, 2.05) is 25.1 Å². The lowest BCUT2D eigenvalue weighted by Crippen LogP contribution is -2.31. The highest BCUT2D eigenvalue weighted by Crippen LogP contribution is 2.28. The summed E-state index contributed by atoms with van der Waals surface area (Å²) in [5.74, 6) is 0.994. The van der Waals surface area contributed by atoms with Gasteiger partial charge >= 0.3 is 0 Å². The van der Waals surface area contributed by atoms with Gasteiger partial charge in [-0.1, -0.05) is 26.0 Å². The van der Waals surface area contributed by atoms with Gasteiger partial charge in [0.2, 0.25) is 0 Å².